The van der Waals surface area contributed by atoms with Crippen LogP contribution in [0.2, 0.25) is 0 Å². The number of para-hydroxylation sites is 2. The normalized spacial score (nSPS) is 10.6. The fraction of sp³-hybridized carbons (Fsp3) is 0.150. The quantitative estimate of drug-likeness (QED) is 0.508. The third-order valence-corrected chi connectivity index (χ3v) is 3.97. The van der Waals surface area contributed by atoms with E-state index in [1.54, 1.807) is 10.6 Å². The Morgan fingerprint density at radius 2 is 1.39 bits per heavy atom. The van der Waals surface area contributed by atoms with Gasteiger partial charge in [-0.1, -0.05) is 50.2 Å². The van der Waals surface area contributed by atoms with E-state index in [9.17, 15) is 4.79 Å². The number of pyridine rings is 1. The second-order valence-corrected chi connectivity index (χ2v) is 5.15. The van der Waals surface area contributed by atoms with Crippen LogP contribution in [0.4, 0.5) is 0 Å². The van der Waals surface area contributed by atoms with Crippen molar-refractivity contribution in [1.29, 1.82) is 0 Å². The first-order chi connectivity index (χ1) is 11.3. The molecule has 2 aromatic heterocycles. The minimum Gasteiger partial charge on any atom is -0.342 e. The van der Waals surface area contributed by atoms with Gasteiger partial charge in [0, 0.05) is 24.2 Å². The molecule has 0 amide bonds. The first-order valence-electron chi connectivity index (χ1n) is 7.92. The summed E-state index contributed by atoms with van der Waals surface area (Å²) < 4.78 is 3.92. The van der Waals surface area contributed by atoms with Gasteiger partial charge in [0.15, 0.2) is 0 Å². The van der Waals surface area contributed by atoms with E-state index in [0.717, 1.165) is 27.6 Å². The van der Waals surface area contributed by atoms with Crippen LogP contribution in [0, 0.1) is 0 Å². The SMILES string of the molecule is CC.Cn1c2ccccc2c2c1ccc(=O)n2-c1ccccc1. The molecule has 4 aromatic rings. The van der Waals surface area contributed by atoms with Gasteiger partial charge in [0.25, 0.3) is 5.56 Å². The second-order valence-electron chi connectivity index (χ2n) is 5.15. The predicted molar refractivity (Wildman–Crippen MR) is 97.4 cm³/mol. The summed E-state index contributed by atoms with van der Waals surface area (Å²) in [6, 6.07) is 21.5. The summed E-state index contributed by atoms with van der Waals surface area (Å²) in [5.74, 6) is 0. The molecular formula is C20H20N2O. The summed E-state index contributed by atoms with van der Waals surface area (Å²) in [5, 5.41) is 1.09. The van der Waals surface area contributed by atoms with Crippen molar-refractivity contribution in [3.8, 4) is 5.69 Å². The molecule has 0 N–H and O–H groups in total. The van der Waals surface area contributed by atoms with Crippen LogP contribution in [0.15, 0.2) is 71.5 Å². The topological polar surface area (TPSA) is 26.9 Å². The Morgan fingerprint density at radius 1 is 0.739 bits per heavy atom. The number of fused-ring (bicyclic) bond motifs is 3. The summed E-state index contributed by atoms with van der Waals surface area (Å²) >= 11 is 0. The summed E-state index contributed by atoms with van der Waals surface area (Å²) in [6.45, 7) is 4.00. The fourth-order valence-electron chi connectivity index (χ4n) is 2.99. The van der Waals surface area contributed by atoms with Crippen molar-refractivity contribution in [3.63, 3.8) is 0 Å². The molecule has 0 radical (unpaired) electrons. The number of aromatic nitrogens is 2. The molecule has 0 aliphatic heterocycles. The average molecular weight is 304 g/mol. The zero-order valence-corrected chi connectivity index (χ0v) is 13.7. The van der Waals surface area contributed by atoms with E-state index in [2.05, 4.69) is 16.7 Å². The Kier molecular flexibility index (Phi) is 4.02. The van der Waals surface area contributed by atoms with E-state index in [-0.39, 0.29) is 5.56 Å². The fourth-order valence-corrected chi connectivity index (χ4v) is 2.99. The lowest BCUT2D eigenvalue weighted by atomic mass is 10.2. The van der Waals surface area contributed by atoms with Crippen molar-refractivity contribution in [2.45, 2.75) is 13.8 Å². The monoisotopic (exact) mass is 304 g/mol. The van der Waals surface area contributed by atoms with E-state index in [1.165, 1.54) is 0 Å². The Hall–Kier alpha value is -2.81. The van der Waals surface area contributed by atoms with Crippen LogP contribution in [0.5, 0.6) is 0 Å². The third-order valence-electron chi connectivity index (χ3n) is 3.97. The van der Waals surface area contributed by atoms with Crippen molar-refractivity contribution in [3.05, 3.63) is 77.1 Å². The lowest BCUT2D eigenvalue weighted by Crippen LogP contribution is -2.17. The molecule has 23 heavy (non-hydrogen) atoms. The number of aryl methyl sites for hydroxylation is 1. The van der Waals surface area contributed by atoms with Gasteiger partial charge in [-0.3, -0.25) is 9.36 Å². The molecule has 0 bridgehead atoms. The molecule has 0 fully saturated rings. The van der Waals surface area contributed by atoms with Crippen LogP contribution in [0.25, 0.3) is 27.6 Å². The van der Waals surface area contributed by atoms with E-state index < -0.39 is 0 Å². The van der Waals surface area contributed by atoms with Gasteiger partial charge in [0.1, 0.15) is 0 Å². The Labute approximate surface area is 135 Å². The standard InChI is InChI=1S/C18H14N2O.C2H6/c1-19-15-10-6-5-9-14(15)18-16(19)11-12-17(21)20(18)13-7-3-2-4-8-13;1-2/h2-12H,1H3;1-2H3. The van der Waals surface area contributed by atoms with E-state index in [0.29, 0.717) is 0 Å². The lowest BCUT2D eigenvalue weighted by Gasteiger charge is -2.08. The van der Waals surface area contributed by atoms with Gasteiger partial charge in [-0.25, -0.2) is 0 Å². The summed E-state index contributed by atoms with van der Waals surface area (Å²) in [6.07, 6.45) is 0. The van der Waals surface area contributed by atoms with Crippen LogP contribution in [0.3, 0.4) is 0 Å². The summed E-state index contributed by atoms with van der Waals surface area (Å²) in [4.78, 5) is 12.4. The van der Waals surface area contributed by atoms with Gasteiger partial charge >= 0.3 is 0 Å². The molecule has 2 heterocycles. The van der Waals surface area contributed by atoms with Crippen LogP contribution < -0.4 is 5.56 Å². The molecule has 0 atom stereocenters. The molecule has 116 valence electrons. The van der Waals surface area contributed by atoms with Gasteiger partial charge in [0.2, 0.25) is 0 Å². The molecular weight excluding hydrogens is 284 g/mol. The number of nitrogens with zero attached hydrogens (tertiary/aromatic N) is 2. The Bertz CT molecular complexity index is 1010. The molecule has 0 aliphatic carbocycles. The van der Waals surface area contributed by atoms with E-state index in [1.807, 2.05) is 69.4 Å². The third kappa shape index (κ3) is 2.34. The number of benzene rings is 2. The van der Waals surface area contributed by atoms with Crippen LogP contribution in [-0.2, 0) is 7.05 Å². The smallest absolute Gasteiger partial charge is 0.255 e. The lowest BCUT2D eigenvalue weighted by molar-refractivity contribution is 0.995. The van der Waals surface area contributed by atoms with E-state index in [4.69, 9.17) is 0 Å². The highest BCUT2D eigenvalue weighted by molar-refractivity contribution is 6.06. The van der Waals surface area contributed by atoms with Gasteiger partial charge in [-0.05, 0) is 24.3 Å². The highest BCUT2D eigenvalue weighted by Gasteiger charge is 2.13. The van der Waals surface area contributed by atoms with Crippen LogP contribution in [0.1, 0.15) is 13.8 Å². The predicted octanol–water partition coefficient (Wildman–Crippen LogP) is 4.51. The summed E-state index contributed by atoms with van der Waals surface area (Å²) in [5.41, 5.74) is 4.03. The largest absolute Gasteiger partial charge is 0.342 e. The zero-order valence-electron chi connectivity index (χ0n) is 13.7. The minimum absolute atomic E-state index is 0.00921. The summed E-state index contributed by atoms with van der Waals surface area (Å²) in [7, 11) is 2.03. The first-order valence-corrected chi connectivity index (χ1v) is 7.92. The van der Waals surface area contributed by atoms with Gasteiger partial charge < -0.3 is 4.57 Å². The Balaban J connectivity index is 0.000000753. The van der Waals surface area contributed by atoms with Gasteiger partial charge in [0.05, 0.1) is 16.6 Å². The molecule has 4 rings (SSSR count). The molecule has 0 saturated carbocycles. The highest BCUT2D eigenvalue weighted by Crippen LogP contribution is 2.28. The van der Waals surface area contributed by atoms with Crippen LogP contribution >= 0.6 is 0 Å². The average Bonchev–Trinajstić information content (AvgIpc) is 2.91. The van der Waals surface area contributed by atoms with Crippen molar-refractivity contribution < 1.29 is 0 Å². The van der Waals surface area contributed by atoms with Gasteiger partial charge in [-0.15, -0.1) is 0 Å². The maximum atomic E-state index is 12.4. The maximum Gasteiger partial charge on any atom is 0.255 e. The van der Waals surface area contributed by atoms with Crippen molar-refractivity contribution in [2.75, 3.05) is 0 Å². The van der Waals surface area contributed by atoms with Crippen LogP contribution in [-0.4, -0.2) is 9.13 Å². The van der Waals surface area contributed by atoms with Crippen molar-refractivity contribution in [2.24, 2.45) is 7.05 Å². The number of hydrogen-bond acceptors (Lipinski definition) is 1. The maximum absolute atomic E-state index is 12.4. The molecule has 0 aliphatic rings. The molecule has 3 heteroatoms. The number of rotatable bonds is 1. The van der Waals surface area contributed by atoms with Crippen molar-refractivity contribution >= 4 is 21.9 Å². The zero-order chi connectivity index (χ0) is 16.4. The Morgan fingerprint density at radius 3 is 2.13 bits per heavy atom. The second kappa shape index (κ2) is 6.13. The van der Waals surface area contributed by atoms with E-state index >= 15 is 0 Å². The minimum atomic E-state index is -0.00921. The molecule has 3 nitrogen and oxygen atoms in total. The molecule has 0 unspecified atom stereocenters. The highest BCUT2D eigenvalue weighted by atomic mass is 16.1. The molecule has 2 aromatic carbocycles. The first kappa shape index (κ1) is 15.1. The van der Waals surface area contributed by atoms with Gasteiger partial charge in [-0.2, -0.15) is 0 Å². The van der Waals surface area contributed by atoms with Crippen molar-refractivity contribution in [1.82, 2.24) is 9.13 Å². The number of hydrogen-bond donors (Lipinski definition) is 0. The molecule has 0 saturated heterocycles. The molecule has 0 spiro atoms.